The van der Waals surface area contributed by atoms with Crippen LogP contribution in [0.2, 0.25) is 0 Å². The van der Waals surface area contributed by atoms with E-state index in [-0.39, 0.29) is 5.91 Å². The first kappa shape index (κ1) is 12.8. The molecule has 6 heteroatoms. The van der Waals surface area contributed by atoms with Gasteiger partial charge in [0.1, 0.15) is 5.54 Å². The van der Waals surface area contributed by atoms with E-state index in [1.165, 1.54) is 6.21 Å². The Bertz CT molecular complexity index is 550. The Morgan fingerprint density at radius 1 is 1.30 bits per heavy atom. The van der Waals surface area contributed by atoms with Gasteiger partial charge in [-0.25, -0.2) is 4.79 Å². The molecule has 20 heavy (non-hydrogen) atoms. The van der Waals surface area contributed by atoms with E-state index in [1.807, 2.05) is 6.07 Å². The van der Waals surface area contributed by atoms with Gasteiger partial charge >= 0.3 is 6.03 Å². The number of hydrogen-bond acceptors (Lipinski definition) is 4. The van der Waals surface area contributed by atoms with Crippen molar-refractivity contribution in [1.82, 2.24) is 15.3 Å². The molecule has 6 nitrogen and oxygen atoms in total. The lowest BCUT2D eigenvalue weighted by molar-refractivity contribution is -0.132. The summed E-state index contributed by atoms with van der Waals surface area (Å²) in [6.07, 6.45) is 9.21. The average Bonchev–Trinajstić information content (AvgIpc) is 2.70. The van der Waals surface area contributed by atoms with Gasteiger partial charge in [-0.1, -0.05) is 25.3 Å². The predicted molar refractivity (Wildman–Crippen MR) is 73.0 cm³/mol. The lowest BCUT2D eigenvalue weighted by Crippen LogP contribution is -2.48. The third kappa shape index (κ3) is 2.17. The molecule has 0 radical (unpaired) electrons. The van der Waals surface area contributed by atoms with Crippen molar-refractivity contribution in [3.8, 4) is 0 Å². The number of imide groups is 1. The van der Waals surface area contributed by atoms with Gasteiger partial charge in [0.25, 0.3) is 5.91 Å². The zero-order chi connectivity index (χ0) is 14.0. The summed E-state index contributed by atoms with van der Waals surface area (Å²) in [7, 11) is 0. The summed E-state index contributed by atoms with van der Waals surface area (Å²) in [5, 5.41) is 7.77. The Kier molecular flexibility index (Phi) is 3.22. The minimum atomic E-state index is -0.721. The van der Waals surface area contributed by atoms with Crippen molar-refractivity contribution in [3.63, 3.8) is 0 Å². The van der Waals surface area contributed by atoms with Gasteiger partial charge in [0, 0.05) is 18.0 Å². The lowest BCUT2D eigenvalue weighted by Gasteiger charge is -2.29. The number of carbonyl (C=O) groups excluding carboxylic acids is 2. The Hall–Kier alpha value is -2.24. The van der Waals surface area contributed by atoms with E-state index in [0.29, 0.717) is 12.8 Å². The van der Waals surface area contributed by atoms with Crippen LogP contribution in [0, 0.1) is 0 Å². The van der Waals surface area contributed by atoms with Crippen LogP contribution in [0.5, 0.6) is 0 Å². The van der Waals surface area contributed by atoms with Crippen LogP contribution in [0.4, 0.5) is 4.79 Å². The normalized spacial score (nSPS) is 21.7. The quantitative estimate of drug-likeness (QED) is 0.657. The zero-order valence-electron chi connectivity index (χ0n) is 11.1. The summed E-state index contributed by atoms with van der Waals surface area (Å²) in [6.45, 7) is 0. The Morgan fingerprint density at radius 2 is 2.10 bits per heavy atom. The number of aromatic nitrogens is 1. The van der Waals surface area contributed by atoms with Crippen molar-refractivity contribution in [3.05, 3.63) is 30.1 Å². The van der Waals surface area contributed by atoms with E-state index in [0.717, 1.165) is 29.8 Å². The Morgan fingerprint density at radius 3 is 2.80 bits per heavy atom. The van der Waals surface area contributed by atoms with Gasteiger partial charge in [-0.3, -0.25) is 9.78 Å². The highest BCUT2D eigenvalue weighted by atomic mass is 16.2. The van der Waals surface area contributed by atoms with Gasteiger partial charge in [0.05, 0.1) is 6.21 Å². The van der Waals surface area contributed by atoms with Gasteiger partial charge in [-0.2, -0.15) is 5.10 Å². The molecule has 0 aromatic carbocycles. The van der Waals surface area contributed by atoms with Gasteiger partial charge < -0.3 is 5.32 Å². The van der Waals surface area contributed by atoms with Crippen LogP contribution in [0.3, 0.4) is 0 Å². The summed E-state index contributed by atoms with van der Waals surface area (Å²) in [5.41, 5.74) is 0.0272. The summed E-state index contributed by atoms with van der Waals surface area (Å²) in [4.78, 5) is 28.3. The van der Waals surface area contributed by atoms with E-state index in [1.54, 1.807) is 18.5 Å². The molecule has 1 aliphatic heterocycles. The highest BCUT2D eigenvalue weighted by molar-refractivity contribution is 6.07. The highest BCUT2D eigenvalue weighted by Gasteiger charge is 2.51. The second kappa shape index (κ2) is 5.03. The molecule has 1 spiro atoms. The molecule has 1 saturated carbocycles. The topological polar surface area (TPSA) is 74.7 Å². The first-order chi connectivity index (χ1) is 9.71. The lowest BCUT2D eigenvalue weighted by atomic mass is 9.82. The molecule has 2 heterocycles. The fraction of sp³-hybridized carbons (Fsp3) is 0.429. The van der Waals surface area contributed by atoms with Crippen LogP contribution in [0.15, 0.2) is 29.6 Å². The largest absolute Gasteiger partial charge is 0.346 e. The maximum atomic E-state index is 12.4. The zero-order valence-corrected chi connectivity index (χ0v) is 11.1. The molecule has 0 atom stereocenters. The molecule has 1 N–H and O–H groups in total. The number of urea groups is 1. The van der Waals surface area contributed by atoms with Crippen molar-refractivity contribution in [2.45, 2.75) is 37.6 Å². The molecular formula is C14H16N4O2. The van der Waals surface area contributed by atoms with Crippen LogP contribution in [-0.2, 0) is 4.79 Å². The summed E-state index contributed by atoms with van der Waals surface area (Å²) in [6, 6.07) is 3.15. The summed E-state index contributed by atoms with van der Waals surface area (Å²) in [5.74, 6) is -0.234. The van der Waals surface area contributed by atoms with Crippen molar-refractivity contribution >= 4 is 18.2 Å². The molecule has 1 aromatic heterocycles. The van der Waals surface area contributed by atoms with Crippen molar-refractivity contribution in [1.29, 1.82) is 0 Å². The van der Waals surface area contributed by atoms with E-state index in [2.05, 4.69) is 15.4 Å². The van der Waals surface area contributed by atoms with Crippen LogP contribution >= 0.6 is 0 Å². The number of rotatable bonds is 2. The molecule has 1 aromatic rings. The molecule has 0 unspecified atom stereocenters. The molecule has 0 bridgehead atoms. The first-order valence-electron chi connectivity index (χ1n) is 6.82. The number of amides is 3. The minimum absolute atomic E-state index is 0.234. The molecule has 2 aliphatic rings. The van der Waals surface area contributed by atoms with Crippen LogP contribution in [0.1, 0.15) is 37.7 Å². The maximum absolute atomic E-state index is 12.4. The van der Waals surface area contributed by atoms with Crippen molar-refractivity contribution < 1.29 is 9.59 Å². The Balaban J connectivity index is 1.79. The molecular weight excluding hydrogens is 256 g/mol. The molecule has 1 saturated heterocycles. The van der Waals surface area contributed by atoms with Crippen molar-refractivity contribution in [2.75, 3.05) is 0 Å². The fourth-order valence-electron chi connectivity index (χ4n) is 2.78. The van der Waals surface area contributed by atoms with Gasteiger partial charge in [-0.05, 0) is 18.9 Å². The number of pyridine rings is 1. The maximum Gasteiger partial charge on any atom is 0.346 e. The summed E-state index contributed by atoms with van der Waals surface area (Å²) < 4.78 is 0. The average molecular weight is 272 g/mol. The van der Waals surface area contributed by atoms with Gasteiger partial charge in [0.2, 0.25) is 0 Å². The molecule has 3 rings (SSSR count). The second-order valence-electron chi connectivity index (χ2n) is 5.22. The molecule has 3 amide bonds. The second-order valence-corrected chi connectivity index (χ2v) is 5.22. The third-order valence-electron chi connectivity index (χ3n) is 3.85. The van der Waals surface area contributed by atoms with Crippen molar-refractivity contribution in [2.24, 2.45) is 5.10 Å². The standard InChI is InChI=1S/C14H16N4O2/c19-12-14(6-2-1-3-7-14)17-13(20)18(12)16-10-11-5-4-8-15-9-11/h4-5,8-10H,1-3,6-7H2,(H,17,20)/b16-10+. The Labute approximate surface area is 116 Å². The third-order valence-corrected chi connectivity index (χ3v) is 3.85. The fourth-order valence-corrected chi connectivity index (χ4v) is 2.78. The van der Waals surface area contributed by atoms with Gasteiger partial charge in [0.15, 0.2) is 0 Å². The van der Waals surface area contributed by atoms with E-state index in [9.17, 15) is 9.59 Å². The molecule has 1 aliphatic carbocycles. The highest BCUT2D eigenvalue weighted by Crippen LogP contribution is 2.33. The smallest absolute Gasteiger partial charge is 0.321 e. The minimum Gasteiger partial charge on any atom is -0.321 e. The van der Waals surface area contributed by atoms with E-state index < -0.39 is 11.6 Å². The van der Waals surface area contributed by atoms with Gasteiger partial charge in [-0.15, -0.1) is 5.01 Å². The number of hydrazone groups is 1. The van der Waals surface area contributed by atoms with E-state index >= 15 is 0 Å². The monoisotopic (exact) mass is 272 g/mol. The number of nitrogens with one attached hydrogen (secondary N) is 1. The van der Waals surface area contributed by atoms with Crippen LogP contribution in [-0.4, -0.2) is 33.7 Å². The number of hydrogen-bond donors (Lipinski definition) is 1. The molecule has 2 fully saturated rings. The number of nitrogens with zero attached hydrogens (tertiary/aromatic N) is 3. The van der Waals surface area contributed by atoms with E-state index in [4.69, 9.17) is 0 Å². The molecule has 104 valence electrons. The van der Waals surface area contributed by atoms with Crippen LogP contribution in [0.25, 0.3) is 0 Å². The number of carbonyl (C=O) groups is 2. The van der Waals surface area contributed by atoms with Crippen LogP contribution < -0.4 is 5.32 Å². The predicted octanol–water partition coefficient (Wildman–Crippen LogP) is 1.67. The first-order valence-corrected chi connectivity index (χ1v) is 6.82. The summed E-state index contributed by atoms with van der Waals surface area (Å²) >= 11 is 0. The SMILES string of the molecule is O=C1NC2(CCCCC2)C(=O)N1/N=C/c1cccnc1.